The fraction of sp³-hybridized carbons (Fsp3) is 0.300. The molecule has 0 spiro atoms. The zero-order valence-corrected chi connectivity index (χ0v) is 11.9. The lowest BCUT2D eigenvalue weighted by Gasteiger charge is -2.07. The van der Waals surface area contributed by atoms with E-state index in [-0.39, 0.29) is 11.2 Å². The first-order chi connectivity index (χ1) is 8.52. The Bertz CT molecular complexity index is 602. The maximum atomic E-state index is 11.4. The highest BCUT2D eigenvalue weighted by atomic mass is 35.5. The molecule has 0 amide bonds. The zero-order valence-electron chi connectivity index (χ0n) is 9.55. The number of fused-ring (bicyclic) bond motifs is 1. The smallest absolute Gasteiger partial charge is 0.318 e. The van der Waals surface area contributed by atoms with E-state index < -0.39 is 0 Å². The molecule has 5 nitrogen and oxygen atoms in total. The highest BCUT2D eigenvalue weighted by molar-refractivity contribution is 8.00. The average molecular weight is 306 g/mol. The Morgan fingerprint density at radius 3 is 2.89 bits per heavy atom. The van der Waals surface area contributed by atoms with Crippen LogP contribution in [-0.2, 0) is 9.53 Å². The third kappa shape index (κ3) is 2.55. The van der Waals surface area contributed by atoms with Crippen LogP contribution < -0.4 is 0 Å². The topological polar surface area (TPSA) is 56.5 Å². The van der Waals surface area contributed by atoms with Crippen molar-refractivity contribution in [2.24, 2.45) is 0 Å². The minimum Gasteiger partial charge on any atom is -0.468 e. The first-order valence-electron chi connectivity index (χ1n) is 4.97. The lowest BCUT2D eigenvalue weighted by atomic mass is 10.5. The van der Waals surface area contributed by atoms with Gasteiger partial charge in [0.2, 0.25) is 0 Å². The molecule has 0 fully saturated rings. The van der Waals surface area contributed by atoms with Crippen LogP contribution in [0, 0.1) is 0 Å². The van der Waals surface area contributed by atoms with Gasteiger partial charge in [-0.25, -0.2) is 0 Å². The molecule has 0 aliphatic carbocycles. The molecule has 0 N–H and O–H groups in total. The van der Waals surface area contributed by atoms with Gasteiger partial charge >= 0.3 is 5.97 Å². The minimum absolute atomic E-state index is 0.329. The van der Waals surface area contributed by atoms with Crippen LogP contribution >= 0.6 is 35.0 Å². The normalized spacial score (nSPS) is 12.7. The van der Waals surface area contributed by atoms with Crippen LogP contribution in [0.1, 0.15) is 6.92 Å². The van der Waals surface area contributed by atoms with E-state index in [4.69, 9.17) is 23.2 Å². The summed E-state index contributed by atoms with van der Waals surface area (Å²) in [6, 6.07) is 1.59. The Morgan fingerprint density at radius 2 is 2.22 bits per heavy atom. The number of nitrogens with zero attached hydrogens (tertiary/aromatic N) is 3. The maximum absolute atomic E-state index is 11.4. The number of hydrogen-bond donors (Lipinski definition) is 0. The van der Waals surface area contributed by atoms with Gasteiger partial charge < -0.3 is 4.74 Å². The number of rotatable bonds is 3. The number of thioether (sulfide) groups is 1. The Kier molecular flexibility index (Phi) is 3.99. The van der Waals surface area contributed by atoms with Crippen LogP contribution in [0.2, 0.25) is 10.0 Å². The lowest BCUT2D eigenvalue weighted by molar-refractivity contribution is -0.139. The number of esters is 1. The molecule has 2 heterocycles. The molecule has 0 saturated carbocycles. The van der Waals surface area contributed by atoms with E-state index in [1.807, 2.05) is 0 Å². The molecular formula is C10H9Cl2N3O2S. The van der Waals surface area contributed by atoms with Gasteiger partial charge in [-0.2, -0.15) is 0 Å². The number of hydrogen-bond acceptors (Lipinski definition) is 5. The molecule has 2 rings (SSSR count). The van der Waals surface area contributed by atoms with Gasteiger partial charge in [-0.15, -0.1) is 10.2 Å². The van der Waals surface area contributed by atoms with E-state index in [9.17, 15) is 4.79 Å². The number of carbonyl (C=O) groups is 1. The summed E-state index contributed by atoms with van der Waals surface area (Å²) in [6.45, 7) is 1.73. The second kappa shape index (κ2) is 5.34. The van der Waals surface area contributed by atoms with E-state index in [1.54, 1.807) is 23.6 Å². The number of methoxy groups -OCH3 is 1. The van der Waals surface area contributed by atoms with Gasteiger partial charge in [-0.1, -0.05) is 35.0 Å². The summed E-state index contributed by atoms with van der Waals surface area (Å²) in [7, 11) is 1.34. The van der Waals surface area contributed by atoms with Crippen LogP contribution in [0.3, 0.4) is 0 Å². The largest absolute Gasteiger partial charge is 0.468 e. The van der Waals surface area contributed by atoms with E-state index in [0.29, 0.717) is 20.8 Å². The molecule has 2 aromatic heterocycles. The second-order valence-corrected chi connectivity index (χ2v) is 5.62. The Hall–Kier alpha value is -0.980. The zero-order chi connectivity index (χ0) is 13.3. The maximum Gasteiger partial charge on any atom is 0.318 e. The van der Waals surface area contributed by atoms with E-state index >= 15 is 0 Å². The molecule has 2 aromatic rings. The van der Waals surface area contributed by atoms with Crippen LogP contribution in [0.25, 0.3) is 5.65 Å². The summed E-state index contributed by atoms with van der Waals surface area (Å²) in [5, 5.41) is 8.95. The predicted molar refractivity (Wildman–Crippen MR) is 70.3 cm³/mol. The van der Waals surface area contributed by atoms with Crippen molar-refractivity contribution in [1.82, 2.24) is 14.6 Å². The molecule has 0 unspecified atom stereocenters. The van der Waals surface area contributed by atoms with Gasteiger partial charge in [-0.05, 0) is 13.0 Å². The highest BCUT2D eigenvalue weighted by Gasteiger charge is 2.19. The fourth-order valence-electron chi connectivity index (χ4n) is 1.36. The third-order valence-electron chi connectivity index (χ3n) is 2.21. The molecule has 0 saturated heterocycles. The molecule has 0 aliphatic heterocycles. The van der Waals surface area contributed by atoms with Crippen LogP contribution in [0.15, 0.2) is 17.4 Å². The van der Waals surface area contributed by atoms with Crippen LogP contribution in [0.4, 0.5) is 0 Å². The Labute approximate surface area is 117 Å². The molecule has 0 radical (unpaired) electrons. The van der Waals surface area contributed by atoms with Crippen molar-refractivity contribution in [2.45, 2.75) is 17.3 Å². The summed E-state index contributed by atoms with van der Waals surface area (Å²) >= 11 is 13.1. The Balaban J connectivity index is 2.38. The van der Waals surface area contributed by atoms with Crippen LogP contribution in [-0.4, -0.2) is 32.9 Å². The minimum atomic E-state index is -0.389. The van der Waals surface area contributed by atoms with Crippen molar-refractivity contribution >= 4 is 46.6 Å². The molecule has 1 atom stereocenters. The summed E-state index contributed by atoms with van der Waals surface area (Å²) in [4.78, 5) is 11.4. The van der Waals surface area contributed by atoms with E-state index in [2.05, 4.69) is 14.9 Å². The van der Waals surface area contributed by atoms with Gasteiger partial charge in [0.15, 0.2) is 10.8 Å². The van der Waals surface area contributed by atoms with Crippen molar-refractivity contribution in [3.8, 4) is 0 Å². The third-order valence-corrected chi connectivity index (χ3v) is 3.73. The molecule has 0 aliphatic rings. The first-order valence-corrected chi connectivity index (χ1v) is 6.60. The van der Waals surface area contributed by atoms with Crippen molar-refractivity contribution in [3.63, 3.8) is 0 Å². The van der Waals surface area contributed by atoms with Crippen LogP contribution in [0.5, 0.6) is 0 Å². The summed E-state index contributed by atoms with van der Waals surface area (Å²) in [6.07, 6.45) is 1.65. The molecule has 96 valence electrons. The van der Waals surface area contributed by atoms with Crippen molar-refractivity contribution < 1.29 is 9.53 Å². The predicted octanol–water partition coefficient (Wildman–Crippen LogP) is 2.69. The molecular weight excluding hydrogens is 297 g/mol. The summed E-state index contributed by atoms with van der Waals surface area (Å²) in [5.41, 5.74) is 0.501. The number of carbonyl (C=O) groups excluding carboxylic acids is 1. The van der Waals surface area contributed by atoms with E-state index in [0.717, 1.165) is 0 Å². The quantitative estimate of drug-likeness (QED) is 0.644. The standard InChI is InChI=1S/C10H9Cl2N3O2S/c1-5(9(16)17-2)18-10-14-13-8-7(12)3-6(11)4-15(8)10/h3-5H,1-2H3/t5-/m1/s1. The van der Waals surface area contributed by atoms with Gasteiger partial charge in [0, 0.05) is 6.20 Å². The van der Waals surface area contributed by atoms with Crippen molar-refractivity contribution in [3.05, 3.63) is 22.3 Å². The second-order valence-electron chi connectivity index (χ2n) is 3.47. The monoisotopic (exact) mass is 305 g/mol. The molecule has 0 aromatic carbocycles. The fourth-order valence-corrected chi connectivity index (χ4v) is 2.71. The number of ether oxygens (including phenoxy) is 1. The summed E-state index contributed by atoms with van der Waals surface area (Å²) in [5.74, 6) is -0.329. The molecule has 8 heteroatoms. The summed E-state index contributed by atoms with van der Waals surface area (Å²) < 4.78 is 6.30. The SMILES string of the molecule is COC(=O)[C@@H](C)Sc1nnc2c(Cl)cc(Cl)cn12. The molecule has 18 heavy (non-hydrogen) atoms. The van der Waals surface area contributed by atoms with Crippen molar-refractivity contribution in [1.29, 1.82) is 0 Å². The van der Waals surface area contributed by atoms with Gasteiger partial charge in [0.25, 0.3) is 0 Å². The number of pyridine rings is 1. The number of aromatic nitrogens is 3. The van der Waals surface area contributed by atoms with Gasteiger partial charge in [0.1, 0.15) is 5.25 Å². The van der Waals surface area contributed by atoms with E-state index in [1.165, 1.54) is 18.9 Å². The highest BCUT2D eigenvalue weighted by Crippen LogP contribution is 2.27. The first kappa shape index (κ1) is 13.5. The molecule has 0 bridgehead atoms. The number of halogens is 2. The van der Waals surface area contributed by atoms with Gasteiger partial charge in [-0.3, -0.25) is 9.20 Å². The lowest BCUT2D eigenvalue weighted by Crippen LogP contribution is -2.15. The van der Waals surface area contributed by atoms with Crippen molar-refractivity contribution in [2.75, 3.05) is 7.11 Å². The Morgan fingerprint density at radius 1 is 1.50 bits per heavy atom. The van der Waals surface area contributed by atoms with Gasteiger partial charge in [0.05, 0.1) is 17.2 Å². The average Bonchev–Trinajstić information content (AvgIpc) is 2.71.